The van der Waals surface area contributed by atoms with Crippen molar-refractivity contribution >= 4 is 0 Å². The predicted molar refractivity (Wildman–Crippen MR) is 95.7 cm³/mol. The highest BCUT2D eigenvalue weighted by atomic mass is 14.9. The highest BCUT2D eigenvalue weighted by Crippen LogP contribution is 2.34. The Morgan fingerprint density at radius 1 is 0.905 bits per heavy atom. The van der Waals surface area contributed by atoms with Crippen LogP contribution in [0.1, 0.15) is 98.3 Å². The fraction of sp³-hybridized carbons (Fsp3) is 1.00. The molecule has 0 bridgehead atoms. The summed E-state index contributed by atoms with van der Waals surface area (Å²) in [5, 5.41) is 3.87. The molecule has 1 unspecified atom stereocenters. The maximum absolute atomic E-state index is 3.87. The van der Waals surface area contributed by atoms with E-state index >= 15 is 0 Å². The topological polar surface area (TPSA) is 12.0 Å². The smallest absolute Gasteiger partial charge is 0.00953 e. The SMILES string of the molecule is CCCCC1CCC(C(CCCC(C)C)NCCC)CC1. The Hall–Kier alpha value is -0.0400. The van der Waals surface area contributed by atoms with Crippen molar-refractivity contribution in [3.05, 3.63) is 0 Å². The lowest BCUT2D eigenvalue weighted by atomic mass is 9.75. The van der Waals surface area contributed by atoms with Gasteiger partial charge in [0.25, 0.3) is 0 Å². The second-order valence-corrected chi connectivity index (χ2v) is 7.81. The van der Waals surface area contributed by atoms with Gasteiger partial charge in [0.05, 0.1) is 0 Å². The molecule has 0 aromatic rings. The number of hydrogen-bond acceptors (Lipinski definition) is 1. The molecule has 1 aliphatic rings. The summed E-state index contributed by atoms with van der Waals surface area (Å²) >= 11 is 0. The van der Waals surface area contributed by atoms with E-state index in [4.69, 9.17) is 0 Å². The fourth-order valence-electron chi connectivity index (χ4n) is 3.95. The summed E-state index contributed by atoms with van der Waals surface area (Å²) in [5.41, 5.74) is 0. The molecule has 0 heterocycles. The lowest BCUT2D eigenvalue weighted by Crippen LogP contribution is -2.38. The molecule has 1 fully saturated rings. The van der Waals surface area contributed by atoms with Gasteiger partial charge in [-0.3, -0.25) is 0 Å². The summed E-state index contributed by atoms with van der Waals surface area (Å²) < 4.78 is 0. The van der Waals surface area contributed by atoms with Crippen LogP contribution in [0.25, 0.3) is 0 Å². The van der Waals surface area contributed by atoms with Crippen LogP contribution < -0.4 is 5.32 Å². The molecule has 0 amide bonds. The Morgan fingerprint density at radius 2 is 1.62 bits per heavy atom. The first-order valence-corrected chi connectivity index (χ1v) is 9.90. The number of hydrogen-bond donors (Lipinski definition) is 1. The van der Waals surface area contributed by atoms with Crippen molar-refractivity contribution < 1.29 is 0 Å². The van der Waals surface area contributed by atoms with E-state index < -0.39 is 0 Å². The summed E-state index contributed by atoms with van der Waals surface area (Å²) in [6.07, 6.45) is 15.8. The quantitative estimate of drug-likeness (QED) is 0.480. The molecule has 1 heteroatoms. The van der Waals surface area contributed by atoms with Crippen LogP contribution >= 0.6 is 0 Å². The highest BCUT2D eigenvalue weighted by Gasteiger charge is 2.26. The first-order valence-electron chi connectivity index (χ1n) is 9.90. The first-order chi connectivity index (χ1) is 10.2. The molecule has 0 spiro atoms. The van der Waals surface area contributed by atoms with Crippen LogP contribution in [0.5, 0.6) is 0 Å². The molecule has 0 aromatic carbocycles. The van der Waals surface area contributed by atoms with Crippen molar-refractivity contribution in [3.63, 3.8) is 0 Å². The van der Waals surface area contributed by atoms with Crippen LogP contribution in [-0.4, -0.2) is 12.6 Å². The van der Waals surface area contributed by atoms with Crippen LogP contribution in [0, 0.1) is 17.8 Å². The second kappa shape index (κ2) is 11.5. The van der Waals surface area contributed by atoms with Gasteiger partial charge in [-0.1, -0.05) is 72.6 Å². The lowest BCUT2D eigenvalue weighted by molar-refractivity contribution is 0.202. The van der Waals surface area contributed by atoms with Crippen LogP contribution in [0.4, 0.5) is 0 Å². The normalized spacial score (nSPS) is 24.4. The molecule has 0 aromatic heterocycles. The molecular formula is C20H41N. The van der Waals surface area contributed by atoms with Crippen molar-refractivity contribution in [2.75, 3.05) is 6.54 Å². The second-order valence-electron chi connectivity index (χ2n) is 7.81. The minimum absolute atomic E-state index is 0.802. The molecule has 1 atom stereocenters. The van der Waals surface area contributed by atoms with Crippen LogP contribution in [0.2, 0.25) is 0 Å². The average Bonchev–Trinajstić information content (AvgIpc) is 2.49. The molecule has 21 heavy (non-hydrogen) atoms. The summed E-state index contributed by atoms with van der Waals surface area (Å²) in [4.78, 5) is 0. The zero-order valence-corrected chi connectivity index (χ0v) is 15.3. The summed E-state index contributed by atoms with van der Waals surface area (Å²) in [5.74, 6) is 2.87. The zero-order valence-electron chi connectivity index (χ0n) is 15.3. The van der Waals surface area contributed by atoms with Gasteiger partial charge in [0.1, 0.15) is 0 Å². The van der Waals surface area contributed by atoms with E-state index in [0.29, 0.717) is 0 Å². The third kappa shape index (κ3) is 8.24. The fourth-order valence-corrected chi connectivity index (χ4v) is 3.95. The number of unbranched alkanes of at least 4 members (excludes halogenated alkanes) is 1. The molecule has 1 saturated carbocycles. The van der Waals surface area contributed by atoms with Crippen molar-refractivity contribution in [2.45, 2.75) is 104 Å². The van der Waals surface area contributed by atoms with Gasteiger partial charge in [-0.25, -0.2) is 0 Å². The van der Waals surface area contributed by atoms with Crippen LogP contribution in [-0.2, 0) is 0 Å². The van der Waals surface area contributed by atoms with Gasteiger partial charge in [-0.2, -0.15) is 0 Å². The van der Waals surface area contributed by atoms with E-state index in [-0.39, 0.29) is 0 Å². The van der Waals surface area contributed by atoms with Gasteiger partial charge >= 0.3 is 0 Å². The minimum atomic E-state index is 0.802. The Labute approximate surface area is 134 Å². The Morgan fingerprint density at radius 3 is 2.19 bits per heavy atom. The van der Waals surface area contributed by atoms with Gasteiger partial charge in [-0.05, 0) is 50.0 Å². The minimum Gasteiger partial charge on any atom is -0.314 e. The van der Waals surface area contributed by atoms with Crippen molar-refractivity contribution in [2.24, 2.45) is 17.8 Å². The third-order valence-corrected chi connectivity index (χ3v) is 5.38. The molecule has 0 aliphatic heterocycles. The molecule has 0 radical (unpaired) electrons. The lowest BCUT2D eigenvalue weighted by Gasteiger charge is -2.35. The molecule has 126 valence electrons. The molecule has 1 N–H and O–H groups in total. The van der Waals surface area contributed by atoms with Crippen molar-refractivity contribution in [3.8, 4) is 0 Å². The van der Waals surface area contributed by atoms with Crippen molar-refractivity contribution in [1.82, 2.24) is 5.32 Å². The van der Waals surface area contributed by atoms with E-state index in [2.05, 4.69) is 33.0 Å². The number of rotatable bonds is 11. The molecular weight excluding hydrogens is 254 g/mol. The predicted octanol–water partition coefficient (Wildman–Crippen LogP) is 6.18. The standard InChI is InChI=1S/C20H41N/c1-5-7-10-18-12-14-19(15-13-18)20(21-16-6-2)11-8-9-17(3)4/h17-21H,5-16H2,1-4H3. The van der Waals surface area contributed by atoms with E-state index in [0.717, 1.165) is 23.8 Å². The van der Waals surface area contributed by atoms with Gasteiger partial charge in [-0.15, -0.1) is 0 Å². The summed E-state index contributed by atoms with van der Waals surface area (Å²) in [6.45, 7) is 10.5. The highest BCUT2D eigenvalue weighted by molar-refractivity contribution is 4.82. The van der Waals surface area contributed by atoms with Gasteiger partial charge in [0, 0.05) is 6.04 Å². The number of nitrogens with one attached hydrogen (secondary N) is 1. The van der Waals surface area contributed by atoms with Gasteiger partial charge < -0.3 is 5.32 Å². The van der Waals surface area contributed by atoms with E-state index in [1.807, 2.05) is 0 Å². The largest absolute Gasteiger partial charge is 0.314 e. The summed E-state index contributed by atoms with van der Waals surface area (Å²) in [7, 11) is 0. The van der Waals surface area contributed by atoms with Crippen molar-refractivity contribution in [1.29, 1.82) is 0 Å². The maximum Gasteiger partial charge on any atom is 0.00953 e. The van der Waals surface area contributed by atoms with Crippen LogP contribution in [0.3, 0.4) is 0 Å². The molecule has 0 saturated heterocycles. The first kappa shape index (κ1) is 19.0. The van der Waals surface area contributed by atoms with Gasteiger partial charge in [0.2, 0.25) is 0 Å². The molecule has 1 nitrogen and oxygen atoms in total. The average molecular weight is 296 g/mol. The monoisotopic (exact) mass is 295 g/mol. The van der Waals surface area contributed by atoms with E-state index in [1.54, 1.807) is 0 Å². The maximum atomic E-state index is 3.87. The van der Waals surface area contributed by atoms with Crippen LogP contribution in [0.15, 0.2) is 0 Å². The third-order valence-electron chi connectivity index (χ3n) is 5.38. The zero-order chi connectivity index (χ0) is 15.5. The Kier molecular flexibility index (Phi) is 10.4. The summed E-state index contributed by atoms with van der Waals surface area (Å²) in [6, 6.07) is 0.802. The van der Waals surface area contributed by atoms with Gasteiger partial charge in [0.15, 0.2) is 0 Å². The molecule has 1 aliphatic carbocycles. The molecule has 1 rings (SSSR count). The van der Waals surface area contributed by atoms with E-state index in [1.165, 1.54) is 77.2 Å². The Bertz CT molecular complexity index is 228. The van der Waals surface area contributed by atoms with E-state index in [9.17, 15) is 0 Å². The Balaban J connectivity index is 2.33.